The number of aliphatic carboxylic acids is 1. The average Bonchev–Trinajstić information content (AvgIpc) is 2.98. The first-order chi connectivity index (χ1) is 9.77. The van der Waals surface area contributed by atoms with Gasteiger partial charge in [-0.1, -0.05) is 0 Å². The van der Waals surface area contributed by atoms with E-state index in [-0.39, 0.29) is 0 Å². The summed E-state index contributed by atoms with van der Waals surface area (Å²) in [6.07, 6.45) is -2.93. The van der Waals surface area contributed by atoms with Gasteiger partial charge in [0, 0.05) is 13.0 Å². The maximum atomic E-state index is 10.5. The molecule has 0 aromatic heterocycles. The maximum Gasteiger partial charge on any atom is 0.377 e. The molecule has 120 valence electrons. The van der Waals surface area contributed by atoms with E-state index >= 15 is 0 Å². The van der Waals surface area contributed by atoms with E-state index in [9.17, 15) is 9.59 Å². The van der Waals surface area contributed by atoms with Crippen molar-refractivity contribution in [2.75, 3.05) is 13.2 Å². The predicted molar refractivity (Wildman–Crippen MR) is 65.3 cm³/mol. The van der Waals surface area contributed by atoms with Gasteiger partial charge in [-0.3, -0.25) is 4.79 Å². The number of carboxylic acid groups (broad SMARTS) is 1. The average molecular weight is 307 g/mol. The molecule has 7 N–H and O–H groups in total. The minimum atomic E-state index is -1.42. The third-order valence-electron chi connectivity index (χ3n) is 2.88. The Morgan fingerprint density at radius 3 is 2.33 bits per heavy atom. The zero-order valence-corrected chi connectivity index (χ0v) is 10.8. The molecule has 1 saturated heterocycles. The van der Waals surface area contributed by atoms with Gasteiger partial charge in [0.2, 0.25) is 5.76 Å². The molecule has 0 amide bonds. The number of hydrogen-bond acceptors (Lipinski definition) is 9. The minimum absolute atomic E-state index is 0.329. The molecule has 0 radical (unpaired) electrons. The van der Waals surface area contributed by atoms with Crippen LogP contribution in [0.2, 0.25) is 0 Å². The number of nitrogens with one attached hydrogen (secondary N) is 1. The van der Waals surface area contributed by atoms with Gasteiger partial charge in [0.1, 0.15) is 12.1 Å². The molecule has 0 aromatic rings. The Labute approximate surface area is 118 Å². The maximum absolute atomic E-state index is 10.5. The molecule has 2 heterocycles. The van der Waals surface area contributed by atoms with Crippen LogP contribution in [-0.2, 0) is 14.3 Å². The van der Waals surface area contributed by atoms with Crippen LogP contribution in [0.3, 0.4) is 0 Å². The monoisotopic (exact) mass is 307 g/mol. The summed E-state index contributed by atoms with van der Waals surface area (Å²) in [5.41, 5.74) is 0. The zero-order chi connectivity index (χ0) is 16.2. The first-order valence-corrected chi connectivity index (χ1v) is 6.04. The molecule has 1 fully saturated rings. The van der Waals surface area contributed by atoms with E-state index in [0.717, 1.165) is 0 Å². The van der Waals surface area contributed by atoms with Gasteiger partial charge in [-0.25, -0.2) is 4.79 Å². The van der Waals surface area contributed by atoms with Crippen LogP contribution >= 0.6 is 0 Å². The van der Waals surface area contributed by atoms with Gasteiger partial charge in [0.15, 0.2) is 11.9 Å². The van der Waals surface area contributed by atoms with E-state index in [1.54, 1.807) is 0 Å². The molecule has 2 aliphatic rings. The summed E-state index contributed by atoms with van der Waals surface area (Å²) in [5.74, 6) is -3.66. The van der Waals surface area contributed by atoms with Crippen molar-refractivity contribution in [3.8, 4) is 0 Å². The number of carboxylic acids is 1. The molecule has 0 saturated carbocycles. The van der Waals surface area contributed by atoms with Crippen molar-refractivity contribution in [1.29, 1.82) is 0 Å². The molecule has 0 bridgehead atoms. The molecule has 0 spiro atoms. The standard InChI is InChI=1S/C6H8O6.C5H9NO3/c7-1-2(8)5-3(9)4(10)6(11)12-5;7-3-1-4(5(8)9)6-2-3/h2,5,7-10H,1H2;3-4,6-7H,1-2H2,(H,8,9)/t2-,5+;3-,4+/m01/s1. The molecule has 10 heteroatoms. The van der Waals surface area contributed by atoms with E-state index in [2.05, 4.69) is 10.1 Å². The number of ether oxygens (including phenoxy) is 1. The van der Waals surface area contributed by atoms with E-state index in [0.29, 0.717) is 13.0 Å². The molecule has 4 atom stereocenters. The quantitative estimate of drug-likeness (QED) is 0.273. The summed E-state index contributed by atoms with van der Waals surface area (Å²) in [5, 5.41) is 54.9. The number of cyclic esters (lactones) is 1. The lowest BCUT2D eigenvalue weighted by molar-refractivity contribution is -0.147. The van der Waals surface area contributed by atoms with Crippen molar-refractivity contribution in [3.05, 3.63) is 11.5 Å². The SMILES string of the molecule is O=C(O)[C@@H]1C[C@@H](O)CN1.O=C1O[C@H]([C@@H](O)CO)C(O)=C1O. The molecule has 10 nitrogen and oxygen atoms in total. The highest BCUT2D eigenvalue weighted by atomic mass is 16.6. The number of β-amino-alcohol motifs (C(OH)–C–C–N with tert-alkyl or cyclic N) is 1. The van der Waals surface area contributed by atoms with Crippen LogP contribution in [0.15, 0.2) is 11.5 Å². The minimum Gasteiger partial charge on any atom is -0.505 e. The highest BCUT2D eigenvalue weighted by Crippen LogP contribution is 2.20. The molecule has 2 rings (SSSR count). The normalized spacial score (nSPS) is 29.7. The van der Waals surface area contributed by atoms with Crippen molar-refractivity contribution in [3.63, 3.8) is 0 Å². The van der Waals surface area contributed by atoms with Crippen molar-refractivity contribution in [2.45, 2.75) is 30.8 Å². The van der Waals surface area contributed by atoms with Gasteiger partial charge in [-0.05, 0) is 0 Å². The summed E-state index contributed by atoms with van der Waals surface area (Å²) in [4.78, 5) is 20.7. The second-order valence-electron chi connectivity index (χ2n) is 4.50. The van der Waals surface area contributed by atoms with Gasteiger partial charge in [-0.2, -0.15) is 0 Å². The topological polar surface area (TPSA) is 177 Å². The summed E-state index contributed by atoms with van der Waals surface area (Å²) in [7, 11) is 0. The number of rotatable bonds is 3. The Hall–Kier alpha value is -1.88. The molecule has 0 aliphatic carbocycles. The highest BCUT2D eigenvalue weighted by molar-refractivity contribution is 5.89. The van der Waals surface area contributed by atoms with Crippen LogP contribution in [0, 0.1) is 0 Å². The fraction of sp³-hybridized carbons (Fsp3) is 0.636. The van der Waals surface area contributed by atoms with Gasteiger partial charge in [0.25, 0.3) is 0 Å². The smallest absolute Gasteiger partial charge is 0.377 e. The number of carbonyl (C=O) groups is 2. The summed E-state index contributed by atoms with van der Waals surface area (Å²) in [6, 6.07) is -0.542. The fourth-order valence-electron chi connectivity index (χ4n) is 1.73. The van der Waals surface area contributed by atoms with Gasteiger partial charge >= 0.3 is 11.9 Å². The Bertz CT molecular complexity index is 435. The molecular weight excluding hydrogens is 290 g/mol. The molecule has 0 unspecified atom stereocenters. The van der Waals surface area contributed by atoms with Crippen molar-refractivity contribution >= 4 is 11.9 Å². The largest absolute Gasteiger partial charge is 0.505 e. The van der Waals surface area contributed by atoms with Gasteiger partial charge in [-0.15, -0.1) is 0 Å². The van der Waals surface area contributed by atoms with Crippen molar-refractivity contribution in [2.24, 2.45) is 0 Å². The number of esters is 1. The van der Waals surface area contributed by atoms with Crippen molar-refractivity contribution < 1.29 is 45.0 Å². The van der Waals surface area contributed by atoms with Crippen LogP contribution < -0.4 is 5.32 Å². The lowest BCUT2D eigenvalue weighted by Gasteiger charge is -2.13. The third kappa shape index (κ3) is 4.29. The number of carbonyl (C=O) groups excluding carboxylic acids is 1. The van der Waals surface area contributed by atoms with Gasteiger partial charge in [0.05, 0.1) is 12.7 Å². The Balaban J connectivity index is 0.000000219. The van der Waals surface area contributed by atoms with Crippen LogP contribution in [0.25, 0.3) is 0 Å². The lowest BCUT2D eigenvalue weighted by Crippen LogP contribution is -2.31. The first kappa shape index (κ1) is 17.2. The second-order valence-corrected chi connectivity index (χ2v) is 4.50. The molecule has 0 aromatic carbocycles. The summed E-state index contributed by atoms with van der Waals surface area (Å²) >= 11 is 0. The summed E-state index contributed by atoms with van der Waals surface area (Å²) < 4.78 is 4.32. The van der Waals surface area contributed by atoms with E-state index in [1.165, 1.54) is 0 Å². The fourth-order valence-corrected chi connectivity index (χ4v) is 1.73. The number of hydrogen-bond donors (Lipinski definition) is 7. The zero-order valence-electron chi connectivity index (χ0n) is 10.8. The van der Waals surface area contributed by atoms with E-state index in [4.69, 9.17) is 30.6 Å². The van der Waals surface area contributed by atoms with Crippen LogP contribution in [0.4, 0.5) is 0 Å². The number of aliphatic hydroxyl groups excluding tert-OH is 5. The second kappa shape index (κ2) is 7.22. The van der Waals surface area contributed by atoms with Gasteiger partial charge < -0.3 is 40.7 Å². The Morgan fingerprint density at radius 2 is 2.05 bits per heavy atom. The molecule has 2 aliphatic heterocycles. The Kier molecular flexibility index (Phi) is 5.90. The highest BCUT2D eigenvalue weighted by Gasteiger charge is 2.38. The summed E-state index contributed by atoms with van der Waals surface area (Å²) in [6.45, 7) is -0.272. The lowest BCUT2D eigenvalue weighted by atomic mass is 10.2. The van der Waals surface area contributed by atoms with Crippen LogP contribution in [-0.4, -0.2) is 80.1 Å². The van der Waals surface area contributed by atoms with E-state index in [1.807, 2.05) is 0 Å². The molecule has 21 heavy (non-hydrogen) atoms. The van der Waals surface area contributed by atoms with Crippen LogP contribution in [0.1, 0.15) is 6.42 Å². The van der Waals surface area contributed by atoms with E-state index < -0.39 is 54.4 Å². The van der Waals surface area contributed by atoms with Crippen LogP contribution in [0.5, 0.6) is 0 Å². The Morgan fingerprint density at radius 1 is 1.43 bits per heavy atom. The first-order valence-electron chi connectivity index (χ1n) is 6.04. The molecular formula is C11H17NO9. The van der Waals surface area contributed by atoms with Crippen molar-refractivity contribution in [1.82, 2.24) is 5.32 Å². The predicted octanol–water partition coefficient (Wildman–Crippen LogP) is -2.61. The number of aliphatic hydroxyl groups is 5. The third-order valence-corrected chi connectivity index (χ3v) is 2.88.